The lowest BCUT2D eigenvalue weighted by molar-refractivity contribution is -0.140. The quantitative estimate of drug-likeness (QED) is 0.816. The van der Waals surface area contributed by atoms with Crippen LogP contribution in [0.1, 0.15) is 0 Å². The Kier molecular flexibility index (Phi) is 4.12. The zero-order valence-electron chi connectivity index (χ0n) is 13.1. The maximum Gasteiger partial charge on any atom is 0.420 e. The highest BCUT2D eigenvalue weighted by atomic mass is 19.4. The predicted molar refractivity (Wildman–Crippen MR) is 78.2 cm³/mol. The predicted octanol–water partition coefficient (Wildman–Crippen LogP) is 1.37. The molecule has 0 saturated carbocycles. The van der Waals surface area contributed by atoms with Gasteiger partial charge in [-0.3, -0.25) is 14.3 Å². The van der Waals surface area contributed by atoms with Crippen molar-refractivity contribution in [1.29, 1.82) is 0 Å². The molecule has 1 aromatic carbocycles. The molecule has 1 unspecified atom stereocenters. The third-order valence-corrected chi connectivity index (χ3v) is 3.70. The Hall–Kier alpha value is -3.05. The number of cyclic esters (lactones) is 1. The van der Waals surface area contributed by atoms with Crippen LogP contribution >= 0.6 is 0 Å². The summed E-state index contributed by atoms with van der Waals surface area (Å²) in [6.45, 7) is -1.96. The summed E-state index contributed by atoms with van der Waals surface area (Å²) >= 11 is 0. The van der Waals surface area contributed by atoms with E-state index in [1.165, 1.54) is 7.05 Å². The molecule has 2 amide bonds. The number of oxazole rings is 1. The van der Waals surface area contributed by atoms with Crippen LogP contribution in [0.5, 0.6) is 0 Å². The first-order valence-electron chi connectivity index (χ1n) is 7.20. The highest BCUT2D eigenvalue weighted by molar-refractivity contribution is 5.96. The summed E-state index contributed by atoms with van der Waals surface area (Å²) < 4.78 is 61.6. The number of carbonyl (C=O) groups is 2. The molecule has 1 atom stereocenters. The number of rotatable bonds is 3. The Morgan fingerprint density at radius 1 is 1.35 bits per heavy atom. The molecular weight excluding hydrogens is 366 g/mol. The van der Waals surface area contributed by atoms with E-state index in [-0.39, 0.29) is 16.8 Å². The third-order valence-electron chi connectivity index (χ3n) is 3.70. The van der Waals surface area contributed by atoms with E-state index in [0.29, 0.717) is 0 Å². The minimum Gasteiger partial charge on any atom is -0.434 e. The topological polar surface area (TPSA) is 93.8 Å². The monoisotopic (exact) mass is 377 g/mol. The number of alkyl halides is 3. The molecule has 8 nitrogen and oxygen atoms in total. The van der Waals surface area contributed by atoms with Crippen molar-refractivity contribution < 1.29 is 36.3 Å². The van der Waals surface area contributed by atoms with Gasteiger partial charge in [0.15, 0.2) is 17.5 Å². The fourth-order valence-corrected chi connectivity index (χ4v) is 2.59. The fraction of sp³-hybridized carbons (Fsp3) is 0.357. The molecule has 26 heavy (non-hydrogen) atoms. The molecule has 12 heteroatoms. The lowest BCUT2D eigenvalue weighted by Gasteiger charge is -2.13. The van der Waals surface area contributed by atoms with Crippen LogP contribution in [0.4, 0.5) is 28.0 Å². The van der Waals surface area contributed by atoms with Crippen molar-refractivity contribution in [3.05, 3.63) is 28.5 Å². The molecule has 0 bridgehead atoms. The third kappa shape index (κ3) is 3.09. The standard InChI is InChI=1S/C14H11F4N3O5/c1-19-11(22)9-4-20(12(23)26-9)6-2-7(15)10-8(3-6)25-13(24)21(10)5-14(16,17)18/h2-3,9H,4-5H2,1H3,(H,19,22). The van der Waals surface area contributed by atoms with Crippen molar-refractivity contribution in [3.8, 4) is 0 Å². The maximum absolute atomic E-state index is 14.4. The van der Waals surface area contributed by atoms with Crippen LogP contribution in [0.15, 0.2) is 21.3 Å². The number of nitrogens with one attached hydrogen (secondary N) is 1. The van der Waals surface area contributed by atoms with Gasteiger partial charge in [-0.05, 0) is 0 Å². The summed E-state index contributed by atoms with van der Waals surface area (Å²) in [7, 11) is 1.34. The number of ether oxygens (including phenoxy) is 1. The smallest absolute Gasteiger partial charge is 0.420 e. The number of hydrogen-bond acceptors (Lipinski definition) is 5. The zero-order valence-corrected chi connectivity index (χ0v) is 13.1. The van der Waals surface area contributed by atoms with E-state index in [0.717, 1.165) is 17.0 Å². The van der Waals surface area contributed by atoms with E-state index in [2.05, 4.69) is 9.73 Å². The molecule has 1 N–H and O–H groups in total. The summed E-state index contributed by atoms with van der Waals surface area (Å²) in [4.78, 5) is 35.9. The molecule has 2 heterocycles. The van der Waals surface area contributed by atoms with Crippen LogP contribution in [0.3, 0.4) is 0 Å². The fourth-order valence-electron chi connectivity index (χ4n) is 2.59. The van der Waals surface area contributed by atoms with Crippen molar-refractivity contribution in [2.75, 3.05) is 18.5 Å². The van der Waals surface area contributed by atoms with Gasteiger partial charge in [0, 0.05) is 19.2 Å². The molecular formula is C14H11F4N3O5. The summed E-state index contributed by atoms with van der Waals surface area (Å²) in [6.07, 6.45) is -6.84. The second kappa shape index (κ2) is 6.04. The summed E-state index contributed by atoms with van der Waals surface area (Å²) in [6, 6.07) is 1.79. The Morgan fingerprint density at radius 2 is 2.04 bits per heavy atom. The Bertz CT molecular complexity index is 948. The summed E-state index contributed by atoms with van der Waals surface area (Å²) in [5.41, 5.74) is -1.27. The van der Waals surface area contributed by atoms with Gasteiger partial charge in [-0.2, -0.15) is 13.2 Å². The van der Waals surface area contributed by atoms with Gasteiger partial charge >= 0.3 is 18.0 Å². The summed E-state index contributed by atoms with van der Waals surface area (Å²) in [5, 5.41) is 2.29. The first-order chi connectivity index (χ1) is 12.1. The number of halogens is 4. The Labute approximate surface area is 141 Å². The van der Waals surface area contributed by atoms with E-state index in [1.54, 1.807) is 0 Å². The SMILES string of the molecule is CNC(=O)C1CN(c2cc(F)c3c(c2)oc(=O)n3CC(F)(F)F)C(=O)O1. The first kappa shape index (κ1) is 17.8. The van der Waals surface area contributed by atoms with Gasteiger partial charge in [-0.25, -0.2) is 14.0 Å². The molecule has 0 spiro atoms. The summed E-state index contributed by atoms with van der Waals surface area (Å²) in [5.74, 6) is -3.16. The average molecular weight is 377 g/mol. The van der Waals surface area contributed by atoms with Gasteiger partial charge < -0.3 is 14.5 Å². The van der Waals surface area contributed by atoms with Gasteiger partial charge in [0.25, 0.3) is 5.91 Å². The van der Waals surface area contributed by atoms with Crippen LogP contribution in [0.2, 0.25) is 0 Å². The number of anilines is 1. The molecule has 1 aliphatic rings. The molecule has 1 fully saturated rings. The zero-order chi connectivity index (χ0) is 19.2. The van der Waals surface area contributed by atoms with Crippen molar-refractivity contribution in [1.82, 2.24) is 9.88 Å². The second-order valence-electron chi connectivity index (χ2n) is 5.44. The lowest BCUT2D eigenvalue weighted by Crippen LogP contribution is -2.35. The van der Waals surface area contributed by atoms with Crippen molar-refractivity contribution >= 4 is 28.8 Å². The number of hydrogen-bond donors (Lipinski definition) is 1. The largest absolute Gasteiger partial charge is 0.434 e. The molecule has 3 rings (SSSR count). The van der Waals surface area contributed by atoms with E-state index in [9.17, 15) is 31.9 Å². The molecule has 140 valence electrons. The van der Waals surface area contributed by atoms with Crippen molar-refractivity contribution in [2.24, 2.45) is 0 Å². The number of aromatic nitrogens is 1. The molecule has 1 saturated heterocycles. The van der Waals surface area contributed by atoms with Crippen LogP contribution in [-0.2, 0) is 16.1 Å². The maximum atomic E-state index is 14.4. The highest BCUT2D eigenvalue weighted by Crippen LogP contribution is 2.29. The molecule has 1 aliphatic heterocycles. The molecule has 0 aliphatic carbocycles. The molecule has 1 aromatic heterocycles. The van der Waals surface area contributed by atoms with Crippen molar-refractivity contribution in [2.45, 2.75) is 18.8 Å². The first-order valence-corrected chi connectivity index (χ1v) is 7.20. The van der Waals surface area contributed by atoms with E-state index in [4.69, 9.17) is 4.74 Å². The normalized spacial score (nSPS) is 17.7. The Balaban J connectivity index is 2.02. The highest BCUT2D eigenvalue weighted by Gasteiger charge is 2.37. The van der Waals surface area contributed by atoms with Crippen molar-refractivity contribution in [3.63, 3.8) is 0 Å². The number of amides is 2. The molecule has 2 aromatic rings. The van der Waals surface area contributed by atoms with Crippen LogP contribution in [-0.4, -0.2) is 42.4 Å². The van der Waals surface area contributed by atoms with E-state index in [1.807, 2.05) is 0 Å². The van der Waals surface area contributed by atoms with Crippen LogP contribution in [0.25, 0.3) is 11.1 Å². The minimum absolute atomic E-state index is 0.115. The van der Waals surface area contributed by atoms with Gasteiger partial charge in [0.1, 0.15) is 12.1 Å². The number of nitrogens with zero attached hydrogens (tertiary/aromatic N) is 2. The minimum atomic E-state index is -4.76. The van der Waals surface area contributed by atoms with Gasteiger partial charge in [0.2, 0.25) is 0 Å². The van der Waals surface area contributed by atoms with E-state index >= 15 is 0 Å². The van der Waals surface area contributed by atoms with Gasteiger partial charge in [0.05, 0.1) is 12.2 Å². The Morgan fingerprint density at radius 3 is 2.65 bits per heavy atom. The second-order valence-corrected chi connectivity index (χ2v) is 5.44. The lowest BCUT2D eigenvalue weighted by atomic mass is 10.2. The van der Waals surface area contributed by atoms with E-state index < -0.39 is 53.5 Å². The van der Waals surface area contributed by atoms with Crippen LogP contribution in [0, 0.1) is 5.82 Å². The molecule has 0 radical (unpaired) electrons. The number of likely N-dealkylation sites (N-methyl/N-ethyl adjacent to an activating group) is 1. The number of fused-ring (bicyclic) bond motifs is 1. The van der Waals surface area contributed by atoms with Gasteiger partial charge in [-0.15, -0.1) is 0 Å². The van der Waals surface area contributed by atoms with Gasteiger partial charge in [-0.1, -0.05) is 0 Å². The van der Waals surface area contributed by atoms with Crippen LogP contribution < -0.4 is 16.0 Å². The number of carbonyl (C=O) groups excluding carboxylic acids is 2. The average Bonchev–Trinajstić information content (AvgIpc) is 3.06. The number of benzene rings is 1.